The lowest BCUT2D eigenvalue weighted by Crippen LogP contribution is -2.45. The second-order valence-corrected chi connectivity index (χ2v) is 4.30. The van der Waals surface area contributed by atoms with Gasteiger partial charge in [0, 0.05) is 6.54 Å². The summed E-state index contributed by atoms with van der Waals surface area (Å²) in [4.78, 5) is 24.2. The number of hydrogen-bond donors (Lipinski definition) is 2. The predicted molar refractivity (Wildman–Crippen MR) is 71.3 cm³/mol. The number of rotatable bonds is 6. The van der Waals surface area contributed by atoms with Gasteiger partial charge in [-0.25, -0.2) is 0 Å². The maximum atomic E-state index is 11.9. The predicted octanol–water partition coefficient (Wildman–Crippen LogP) is -0.144. The fourth-order valence-corrected chi connectivity index (χ4v) is 1.64. The van der Waals surface area contributed by atoms with Crippen LogP contribution in [0, 0.1) is 0 Å². The van der Waals surface area contributed by atoms with Gasteiger partial charge in [-0.1, -0.05) is 12.1 Å². The van der Waals surface area contributed by atoms with E-state index in [1.54, 1.807) is 26.2 Å². The maximum absolute atomic E-state index is 11.9. The van der Waals surface area contributed by atoms with Crippen LogP contribution in [0.4, 0.5) is 0 Å². The number of amides is 2. The molecule has 19 heavy (non-hydrogen) atoms. The SMILES string of the molecule is COc1ccc(CN(CC(N)=O)C(=O)C(C)N)cc1. The van der Waals surface area contributed by atoms with Crippen molar-refractivity contribution < 1.29 is 14.3 Å². The molecular weight excluding hydrogens is 246 g/mol. The molecule has 1 aromatic carbocycles. The van der Waals surface area contributed by atoms with Crippen LogP contribution in [0.5, 0.6) is 5.75 Å². The van der Waals surface area contributed by atoms with Crippen LogP contribution >= 0.6 is 0 Å². The second-order valence-electron chi connectivity index (χ2n) is 4.30. The van der Waals surface area contributed by atoms with Crippen molar-refractivity contribution in [2.24, 2.45) is 11.5 Å². The number of primary amides is 1. The Labute approximate surface area is 112 Å². The van der Waals surface area contributed by atoms with Crippen LogP contribution < -0.4 is 16.2 Å². The Balaban J connectivity index is 2.80. The molecule has 0 saturated heterocycles. The van der Waals surface area contributed by atoms with Gasteiger partial charge >= 0.3 is 0 Å². The molecule has 0 aliphatic carbocycles. The van der Waals surface area contributed by atoms with Crippen molar-refractivity contribution in [2.75, 3.05) is 13.7 Å². The second kappa shape index (κ2) is 6.75. The third-order valence-corrected chi connectivity index (χ3v) is 2.58. The number of benzene rings is 1. The molecule has 0 fully saturated rings. The molecule has 6 nitrogen and oxygen atoms in total. The van der Waals surface area contributed by atoms with Gasteiger partial charge in [0.2, 0.25) is 11.8 Å². The topological polar surface area (TPSA) is 98.6 Å². The zero-order chi connectivity index (χ0) is 14.4. The Morgan fingerprint density at radius 2 is 1.89 bits per heavy atom. The number of methoxy groups -OCH3 is 1. The smallest absolute Gasteiger partial charge is 0.239 e. The molecule has 1 aromatic rings. The highest BCUT2D eigenvalue weighted by molar-refractivity contribution is 5.86. The first kappa shape index (κ1) is 15.0. The Bertz CT molecular complexity index is 443. The summed E-state index contributed by atoms with van der Waals surface area (Å²) >= 11 is 0. The molecular formula is C13H19N3O3. The van der Waals surface area contributed by atoms with E-state index in [0.717, 1.165) is 11.3 Å². The van der Waals surface area contributed by atoms with Gasteiger partial charge in [-0.05, 0) is 24.6 Å². The average Bonchev–Trinajstić information content (AvgIpc) is 2.37. The van der Waals surface area contributed by atoms with E-state index in [1.165, 1.54) is 4.90 Å². The molecule has 2 amide bonds. The first-order chi connectivity index (χ1) is 8.93. The van der Waals surface area contributed by atoms with Crippen LogP contribution in [0.3, 0.4) is 0 Å². The van der Waals surface area contributed by atoms with Gasteiger partial charge in [-0.15, -0.1) is 0 Å². The van der Waals surface area contributed by atoms with Gasteiger partial charge < -0.3 is 21.1 Å². The Morgan fingerprint density at radius 3 is 2.32 bits per heavy atom. The van der Waals surface area contributed by atoms with E-state index in [0.29, 0.717) is 0 Å². The van der Waals surface area contributed by atoms with Gasteiger partial charge in [0.25, 0.3) is 0 Å². The standard InChI is InChI=1S/C13H19N3O3/c1-9(14)13(18)16(8-12(15)17)7-10-3-5-11(19-2)6-4-10/h3-6,9H,7-8,14H2,1-2H3,(H2,15,17). The molecule has 1 rings (SSSR count). The summed E-state index contributed by atoms with van der Waals surface area (Å²) in [6.45, 7) is 1.71. The molecule has 0 heterocycles. The molecule has 0 saturated carbocycles. The van der Waals surface area contributed by atoms with E-state index in [4.69, 9.17) is 16.2 Å². The minimum Gasteiger partial charge on any atom is -0.497 e. The third kappa shape index (κ3) is 4.59. The highest BCUT2D eigenvalue weighted by Gasteiger charge is 2.19. The first-order valence-corrected chi connectivity index (χ1v) is 5.89. The fraction of sp³-hybridized carbons (Fsp3) is 0.385. The van der Waals surface area contributed by atoms with E-state index < -0.39 is 11.9 Å². The number of nitrogens with two attached hydrogens (primary N) is 2. The van der Waals surface area contributed by atoms with Crippen LogP contribution in [0.1, 0.15) is 12.5 Å². The van der Waals surface area contributed by atoms with Crippen molar-refractivity contribution in [1.29, 1.82) is 0 Å². The van der Waals surface area contributed by atoms with Crippen LogP contribution in [-0.4, -0.2) is 36.4 Å². The Morgan fingerprint density at radius 1 is 1.32 bits per heavy atom. The zero-order valence-corrected chi connectivity index (χ0v) is 11.1. The number of carbonyl (C=O) groups excluding carboxylic acids is 2. The summed E-state index contributed by atoms with van der Waals surface area (Å²) < 4.78 is 5.05. The maximum Gasteiger partial charge on any atom is 0.239 e. The van der Waals surface area contributed by atoms with Gasteiger partial charge in [0.05, 0.1) is 19.7 Å². The number of hydrogen-bond acceptors (Lipinski definition) is 4. The molecule has 104 valence electrons. The largest absolute Gasteiger partial charge is 0.497 e. The Hall–Kier alpha value is -2.08. The number of nitrogens with zero attached hydrogens (tertiary/aromatic N) is 1. The number of ether oxygens (including phenoxy) is 1. The third-order valence-electron chi connectivity index (χ3n) is 2.58. The summed E-state index contributed by atoms with van der Waals surface area (Å²) in [7, 11) is 1.58. The van der Waals surface area contributed by atoms with Crippen molar-refractivity contribution in [3.8, 4) is 5.75 Å². The lowest BCUT2D eigenvalue weighted by Gasteiger charge is -2.23. The molecule has 0 spiro atoms. The van der Waals surface area contributed by atoms with E-state index in [2.05, 4.69) is 0 Å². The summed E-state index contributed by atoms with van der Waals surface area (Å²) in [5.41, 5.74) is 11.6. The minimum atomic E-state index is -0.669. The van der Waals surface area contributed by atoms with Crippen LogP contribution in [0.25, 0.3) is 0 Å². The van der Waals surface area contributed by atoms with Crippen molar-refractivity contribution in [3.63, 3.8) is 0 Å². The molecule has 0 aromatic heterocycles. The summed E-state index contributed by atoms with van der Waals surface area (Å²) in [6, 6.07) is 6.54. The lowest BCUT2D eigenvalue weighted by molar-refractivity contribution is -0.136. The van der Waals surface area contributed by atoms with Gasteiger partial charge in [-0.3, -0.25) is 9.59 Å². The molecule has 6 heteroatoms. The molecule has 1 unspecified atom stereocenters. The highest BCUT2D eigenvalue weighted by Crippen LogP contribution is 2.13. The average molecular weight is 265 g/mol. The number of carbonyl (C=O) groups is 2. The van der Waals surface area contributed by atoms with Crippen molar-refractivity contribution in [3.05, 3.63) is 29.8 Å². The monoisotopic (exact) mass is 265 g/mol. The van der Waals surface area contributed by atoms with Crippen LogP contribution in [-0.2, 0) is 16.1 Å². The van der Waals surface area contributed by atoms with Gasteiger partial charge in [0.1, 0.15) is 5.75 Å². The Kier molecular flexibility index (Phi) is 5.32. The highest BCUT2D eigenvalue weighted by atomic mass is 16.5. The molecule has 0 bridgehead atoms. The van der Waals surface area contributed by atoms with Gasteiger partial charge in [0.15, 0.2) is 0 Å². The first-order valence-electron chi connectivity index (χ1n) is 5.89. The quantitative estimate of drug-likeness (QED) is 0.747. The van der Waals surface area contributed by atoms with Crippen molar-refractivity contribution >= 4 is 11.8 Å². The fourth-order valence-electron chi connectivity index (χ4n) is 1.64. The zero-order valence-electron chi connectivity index (χ0n) is 11.1. The van der Waals surface area contributed by atoms with E-state index in [9.17, 15) is 9.59 Å². The van der Waals surface area contributed by atoms with Crippen molar-refractivity contribution in [2.45, 2.75) is 19.5 Å². The van der Waals surface area contributed by atoms with Gasteiger partial charge in [-0.2, -0.15) is 0 Å². The molecule has 0 radical (unpaired) electrons. The van der Waals surface area contributed by atoms with E-state index >= 15 is 0 Å². The van der Waals surface area contributed by atoms with E-state index in [1.807, 2.05) is 12.1 Å². The normalized spacial score (nSPS) is 11.7. The lowest BCUT2D eigenvalue weighted by atomic mass is 10.2. The molecule has 0 aliphatic heterocycles. The molecule has 1 atom stereocenters. The summed E-state index contributed by atoms with van der Waals surface area (Å²) in [6.07, 6.45) is 0. The molecule has 4 N–H and O–H groups in total. The van der Waals surface area contributed by atoms with Crippen molar-refractivity contribution in [1.82, 2.24) is 4.90 Å². The minimum absolute atomic E-state index is 0.146. The van der Waals surface area contributed by atoms with E-state index in [-0.39, 0.29) is 19.0 Å². The summed E-state index contributed by atoms with van der Waals surface area (Å²) in [5.74, 6) is -0.152. The molecule has 0 aliphatic rings. The van der Waals surface area contributed by atoms with Crippen LogP contribution in [0.2, 0.25) is 0 Å². The summed E-state index contributed by atoms with van der Waals surface area (Å²) in [5, 5.41) is 0. The van der Waals surface area contributed by atoms with Crippen LogP contribution in [0.15, 0.2) is 24.3 Å².